The van der Waals surface area contributed by atoms with Gasteiger partial charge in [0.15, 0.2) is 0 Å². The summed E-state index contributed by atoms with van der Waals surface area (Å²) in [4.78, 5) is 19.1. The number of piperidine rings is 1. The van der Waals surface area contributed by atoms with Crippen LogP contribution < -0.4 is 0 Å². The smallest absolute Gasteiger partial charge is 0.281 e. The molecule has 2 heterocycles. The number of aromatic nitrogens is 1. The van der Waals surface area contributed by atoms with Gasteiger partial charge in [-0.15, -0.1) is 0 Å². The molecule has 144 valence electrons. The Labute approximate surface area is 156 Å². The fourth-order valence-electron chi connectivity index (χ4n) is 3.58. The van der Waals surface area contributed by atoms with Crippen molar-refractivity contribution in [1.82, 2.24) is 18.5 Å². The van der Waals surface area contributed by atoms with Gasteiger partial charge < -0.3 is 4.90 Å². The molecule has 0 radical (unpaired) electrons. The number of hydrogen-bond acceptors (Lipinski definition) is 4. The number of carbonyl (C=O) groups is 1. The lowest BCUT2D eigenvalue weighted by molar-refractivity contribution is -0.142. The van der Waals surface area contributed by atoms with Crippen LogP contribution in [0.15, 0.2) is 24.5 Å². The summed E-state index contributed by atoms with van der Waals surface area (Å²) in [5.41, 5.74) is 0.979. The van der Waals surface area contributed by atoms with Crippen molar-refractivity contribution in [3.63, 3.8) is 0 Å². The van der Waals surface area contributed by atoms with Gasteiger partial charge >= 0.3 is 0 Å². The van der Waals surface area contributed by atoms with Crippen molar-refractivity contribution in [2.45, 2.75) is 44.7 Å². The first kappa shape index (κ1) is 19.3. The van der Waals surface area contributed by atoms with Gasteiger partial charge in [-0.05, 0) is 37.3 Å². The van der Waals surface area contributed by atoms with E-state index in [1.807, 2.05) is 17.0 Å². The van der Waals surface area contributed by atoms with Crippen molar-refractivity contribution in [1.29, 1.82) is 0 Å². The molecule has 0 bridgehead atoms. The first-order valence-corrected chi connectivity index (χ1v) is 10.7. The van der Waals surface area contributed by atoms with E-state index in [0.29, 0.717) is 19.6 Å². The van der Waals surface area contributed by atoms with Crippen LogP contribution in [0.25, 0.3) is 0 Å². The number of carbonyl (C=O) groups excluding carboxylic acids is 1. The zero-order valence-corrected chi connectivity index (χ0v) is 16.4. The van der Waals surface area contributed by atoms with E-state index in [0.717, 1.165) is 37.7 Å². The van der Waals surface area contributed by atoms with Crippen molar-refractivity contribution in [3.05, 3.63) is 30.1 Å². The Hall–Kier alpha value is -1.51. The second-order valence-electron chi connectivity index (χ2n) is 7.40. The van der Waals surface area contributed by atoms with Gasteiger partial charge in [-0.1, -0.05) is 12.5 Å². The van der Waals surface area contributed by atoms with Crippen LogP contribution in [0.2, 0.25) is 0 Å². The average Bonchev–Trinajstić information content (AvgIpc) is 2.59. The summed E-state index contributed by atoms with van der Waals surface area (Å²) < 4.78 is 27.8. The van der Waals surface area contributed by atoms with Crippen LogP contribution in [0, 0.1) is 5.92 Å². The maximum absolute atomic E-state index is 13.0. The molecule has 2 aliphatic rings. The Morgan fingerprint density at radius 3 is 2.62 bits per heavy atom. The van der Waals surface area contributed by atoms with Gasteiger partial charge in [0.2, 0.25) is 5.91 Å². The summed E-state index contributed by atoms with van der Waals surface area (Å²) in [6.07, 6.45) is 8.07. The van der Waals surface area contributed by atoms with Crippen LogP contribution in [0.4, 0.5) is 0 Å². The maximum atomic E-state index is 13.0. The summed E-state index contributed by atoms with van der Waals surface area (Å²) in [7, 11) is -0.365. The average molecular weight is 381 g/mol. The largest absolute Gasteiger partial charge is 0.334 e. The van der Waals surface area contributed by atoms with Crippen LogP contribution in [-0.2, 0) is 21.5 Å². The monoisotopic (exact) mass is 380 g/mol. The van der Waals surface area contributed by atoms with E-state index in [9.17, 15) is 13.2 Å². The van der Waals surface area contributed by atoms with E-state index in [1.165, 1.54) is 8.61 Å². The maximum Gasteiger partial charge on any atom is 0.281 e. The highest BCUT2D eigenvalue weighted by atomic mass is 32.2. The minimum atomic E-state index is -3.46. The van der Waals surface area contributed by atoms with Gasteiger partial charge in [0.1, 0.15) is 0 Å². The van der Waals surface area contributed by atoms with Gasteiger partial charge in [-0.25, -0.2) is 0 Å². The highest BCUT2D eigenvalue weighted by Gasteiger charge is 2.37. The second-order valence-corrected chi connectivity index (χ2v) is 9.54. The van der Waals surface area contributed by atoms with Crippen molar-refractivity contribution in [3.8, 4) is 0 Å². The van der Waals surface area contributed by atoms with E-state index in [-0.39, 0.29) is 17.9 Å². The molecule has 1 saturated heterocycles. The quantitative estimate of drug-likeness (QED) is 0.749. The molecule has 0 aromatic carbocycles. The SMILES string of the molecule is CN(C)S(=O)(=O)N1CCCC(N(Cc2cccnc2)C(=O)C2CCC2)C1. The van der Waals surface area contributed by atoms with Gasteiger partial charge in [0.05, 0.1) is 0 Å². The van der Waals surface area contributed by atoms with Gasteiger partial charge in [-0.3, -0.25) is 9.78 Å². The zero-order valence-electron chi connectivity index (χ0n) is 15.5. The van der Waals surface area contributed by atoms with Crippen molar-refractivity contribution in [2.75, 3.05) is 27.2 Å². The predicted octanol–water partition coefficient (Wildman–Crippen LogP) is 1.48. The van der Waals surface area contributed by atoms with E-state index >= 15 is 0 Å². The van der Waals surface area contributed by atoms with Gasteiger partial charge in [0.25, 0.3) is 10.2 Å². The highest BCUT2D eigenvalue weighted by molar-refractivity contribution is 7.86. The number of pyridine rings is 1. The molecule has 1 aromatic rings. The molecule has 26 heavy (non-hydrogen) atoms. The summed E-state index contributed by atoms with van der Waals surface area (Å²) in [5.74, 6) is 0.252. The van der Waals surface area contributed by atoms with Gasteiger partial charge in [0, 0.05) is 58.1 Å². The third kappa shape index (κ3) is 4.07. The molecule has 1 aliphatic heterocycles. The number of amides is 1. The molecule has 1 atom stereocenters. The lowest BCUT2D eigenvalue weighted by atomic mass is 9.83. The fraction of sp³-hybridized carbons (Fsp3) is 0.667. The van der Waals surface area contributed by atoms with Gasteiger partial charge in [-0.2, -0.15) is 17.0 Å². The molecule has 2 fully saturated rings. The Kier molecular flexibility index (Phi) is 5.94. The molecule has 1 unspecified atom stereocenters. The van der Waals surface area contributed by atoms with Crippen LogP contribution in [-0.4, -0.2) is 66.0 Å². The van der Waals surface area contributed by atoms with E-state index in [4.69, 9.17) is 0 Å². The number of rotatable bonds is 6. The summed E-state index contributed by atoms with van der Waals surface area (Å²) >= 11 is 0. The molecule has 7 nitrogen and oxygen atoms in total. The first-order valence-electron chi connectivity index (χ1n) is 9.26. The predicted molar refractivity (Wildman–Crippen MR) is 99.3 cm³/mol. The van der Waals surface area contributed by atoms with Crippen LogP contribution in [0.1, 0.15) is 37.7 Å². The normalized spacial score (nSPS) is 22.2. The number of nitrogens with zero attached hydrogens (tertiary/aromatic N) is 4. The topological polar surface area (TPSA) is 73.8 Å². The second kappa shape index (κ2) is 8.02. The molecule has 1 saturated carbocycles. The standard InChI is InChI=1S/C18H28N4O3S/c1-20(2)26(24,25)21-11-5-9-17(14-21)22(18(23)16-7-3-8-16)13-15-6-4-10-19-12-15/h4,6,10,12,16-17H,3,5,7-9,11,13-14H2,1-2H3. The van der Waals surface area contributed by atoms with Crippen molar-refractivity contribution in [2.24, 2.45) is 5.92 Å². The molecule has 3 rings (SSSR count). The summed E-state index contributed by atoms with van der Waals surface area (Å²) in [6, 6.07) is 3.74. The Bertz CT molecular complexity index is 719. The minimum absolute atomic E-state index is 0.0903. The summed E-state index contributed by atoms with van der Waals surface area (Å²) in [6.45, 7) is 1.36. The fourth-order valence-corrected chi connectivity index (χ4v) is 4.76. The molecule has 1 aromatic heterocycles. The van der Waals surface area contributed by atoms with Crippen LogP contribution in [0.5, 0.6) is 0 Å². The Morgan fingerprint density at radius 2 is 2.04 bits per heavy atom. The lowest BCUT2D eigenvalue weighted by Gasteiger charge is -2.42. The first-order chi connectivity index (χ1) is 12.4. The van der Waals surface area contributed by atoms with Crippen molar-refractivity contribution < 1.29 is 13.2 Å². The van der Waals surface area contributed by atoms with Crippen LogP contribution in [0.3, 0.4) is 0 Å². The molecular formula is C18H28N4O3S. The molecule has 0 spiro atoms. The van der Waals surface area contributed by atoms with E-state index in [1.54, 1.807) is 26.5 Å². The summed E-state index contributed by atoms with van der Waals surface area (Å²) in [5, 5.41) is 0. The third-order valence-electron chi connectivity index (χ3n) is 5.40. The lowest BCUT2D eigenvalue weighted by Crippen LogP contribution is -2.54. The molecule has 1 amide bonds. The molecular weight excluding hydrogens is 352 g/mol. The Morgan fingerprint density at radius 1 is 1.27 bits per heavy atom. The molecule has 1 aliphatic carbocycles. The molecule has 0 N–H and O–H groups in total. The van der Waals surface area contributed by atoms with Crippen LogP contribution >= 0.6 is 0 Å². The van der Waals surface area contributed by atoms with E-state index < -0.39 is 10.2 Å². The highest BCUT2D eigenvalue weighted by Crippen LogP contribution is 2.31. The third-order valence-corrected chi connectivity index (χ3v) is 7.31. The zero-order chi connectivity index (χ0) is 18.7. The molecule has 8 heteroatoms. The minimum Gasteiger partial charge on any atom is -0.334 e. The number of hydrogen-bond donors (Lipinski definition) is 0. The Balaban J connectivity index is 1.80. The van der Waals surface area contributed by atoms with Crippen molar-refractivity contribution >= 4 is 16.1 Å². The van der Waals surface area contributed by atoms with E-state index in [2.05, 4.69) is 4.98 Å².